The van der Waals surface area contributed by atoms with Crippen LogP contribution in [0.1, 0.15) is 50.2 Å². The predicted molar refractivity (Wildman–Crippen MR) is 121 cm³/mol. The lowest BCUT2D eigenvalue weighted by atomic mass is 9.65. The summed E-state index contributed by atoms with van der Waals surface area (Å²) in [6, 6.07) is 8.57. The molecule has 6 heteroatoms. The van der Waals surface area contributed by atoms with Gasteiger partial charge < -0.3 is 10.5 Å². The number of aliphatic imine (C=N–C) groups is 2. The third-order valence-electron chi connectivity index (χ3n) is 7.22. The molecule has 5 rings (SSSR count). The molecule has 0 bridgehead atoms. The van der Waals surface area contributed by atoms with Gasteiger partial charge in [0.05, 0.1) is 16.8 Å². The van der Waals surface area contributed by atoms with E-state index >= 15 is 0 Å². The molecule has 0 unspecified atom stereocenters. The molecule has 156 valence electrons. The summed E-state index contributed by atoms with van der Waals surface area (Å²) in [5.41, 5.74) is 11.2. The van der Waals surface area contributed by atoms with Gasteiger partial charge in [-0.2, -0.15) is 0 Å². The van der Waals surface area contributed by atoms with Crippen LogP contribution in [0.3, 0.4) is 0 Å². The minimum Gasteiger partial charge on any atom is -0.382 e. The minimum absolute atomic E-state index is 0.0445. The van der Waals surface area contributed by atoms with E-state index in [-0.39, 0.29) is 5.41 Å². The molecule has 2 heterocycles. The molecule has 1 aliphatic heterocycles. The highest BCUT2D eigenvalue weighted by atomic mass is 35.5. The van der Waals surface area contributed by atoms with Crippen molar-refractivity contribution in [2.45, 2.75) is 57.2 Å². The molecule has 2 aliphatic carbocycles. The zero-order valence-corrected chi connectivity index (χ0v) is 18.2. The highest BCUT2D eigenvalue weighted by molar-refractivity contribution is 6.42. The number of hydrogen-bond acceptors (Lipinski definition) is 5. The SMILES string of the molecule is CCC1=N[C@@]2(N=C1N)c1cc(-c3cncc(Cl)c3)ccc1CC21CCC(OC)CC1. The monoisotopic (exact) mass is 422 g/mol. The molecule has 1 aromatic heterocycles. The lowest BCUT2D eigenvalue weighted by molar-refractivity contribution is -0.000389. The maximum Gasteiger partial charge on any atom is 0.184 e. The van der Waals surface area contributed by atoms with Crippen LogP contribution in [-0.2, 0) is 16.8 Å². The Morgan fingerprint density at radius 3 is 2.60 bits per heavy atom. The molecule has 0 saturated heterocycles. The number of fused-ring (bicyclic) bond motifs is 3. The molecule has 1 fully saturated rings. The van der Waals surface area contributed by atoms with Gasteiger partial charge in [-0.05, 0) is 61.8 Å². The first-order valence-electron chi connectivity index (χ1n) is 10.7. The number of methoxy groups -OCH3 is 1. The average Bonchev–Trinajstić information content (AvgIpc) is 3.23. The predicted octanol–water partition coefficient (Wildman–Crippen LogP) is 4.91. The van der Waals surface area contributed by atoms with Crippen LogP contribution in [0.2, 0.25) is 5.02 Å². The lowest BCUT2D eigenvalue weighted by Crippen LogP contribution is -2.43. The van der Waals surface area contributed by atoms with Gasteiger partial charge in [0.1, 0.15) is 5.84 Å². The Hall–Kier alpha value is -2.24. The molecule has 1 saturated carbocycles. The van der Waals surface area contributed by atoms with E-state index in [2.05, 4.69) is 30.1 Å². The molecule has 5 nitrogen and oxygen atoms in total. The Balaban J connectivity index is 1.66. The Morgan fingerprint density at radius 1 is 1.13 bits per heavy atom. The molecule has 2 aromatic rings. The first-order valence-corrected chi connectivity index (χ1v) is 11.1. The lowest BCUT2D eigenvalue weighted by Gasteiger charge is -2.44. The van der Waals surface area contributed by atoms with Gasteiger partial charge in [0.15, 0.2) is 5.66 Å². The largest absolute Gasteiger partial charge is 0.382 e. The van der Waals surface area contributed by atoms with Gasteiger partial charge in [0.25, 0.3) is 0 Å². The number of ether oxygens (including phenoxy) is 1. The van der Waals surface area contributed by atoms with Crippen LogP contribution < -0.4 is 5.73 Å². The Bertz CT molecular complexity index is 1050. The summed E-state index contributed by atoms with van der Waals surface area (Å²) in [4.78, 5) is 14.6. The van der Waals surface area contributed by atoms with Gasteiger partial charge >= 0.3 is 0 Å². The number of halogens is 1. The number of rotatable bonds is 3. The second kappa shape index (κ2) is 7.17. The van der Waals surface area contributed by atoms with Gasteiger partial charge in [0, 0.05) is 36.0 Å². The van der Waals surface area contributed by atoms with Crippen molar-refractivity contribution in [2.75, 3.05) is 7.11 Å². The molecular weight excluding hydrogens is 396 g/mol. The fourth-order valence-corrected chi connectivity index (χ4v) is 5.79. The second-order valence-electron chi connectivity index (χ2n) is 8.74. The smallest absolute Gasteiger partial charge is 0.184 e. The fourth-order valence-electron chi connectivity index (χ4n) is 5.62. The summed E-state index contributed by atoms with van der Waals surface area (Å²) < 4.78 is 5.66. The number of aromatic nitrogens is 1. The molecule has 2 N–H and O–H groups in total. The van der Waals surface area contributed by atoms with Crippen LogP contribution in [0, 0.1) is 5.41 Å². The number of hydrogen-bond donors (Lipinski definition) is 1. The molecule has 30 heavy (non-hydrogen) atoms. The van der Waals surface area contributed by atoms with E-state index in [1.165, 1.54) is 11.1 Å². The van der Waals surface area contributed by atoms with Crippen LogP contribution in [0.15, 0.2) is 46.6 Å². The van der Waals surface area contributed by atoms with Crippen molar-refractivity contribution in [3.63, 3.8) is 0 Å². The van der Waals surface area contributed by atoms with E-state index < -0.39 is 5.66 Å². The van der Waals surface area contributed by atoms with E-state index in [1.54, 1.807) is 6.20 Å². The number of amidine groups is 1. The van der Waals surface area contributed by atoms with Gasteiger partial charge in [0.2, 0.25) is 0 Å². The molecule has 1 aromatic carbocycles. The van der Waals surface area contributed by atoms with Gasteiger partial charge in [-0.25, -0.2) is 4.99 Å². The van der Waals surface area contributed by atoms with Crippen molar-refractivity contribution < 1.29 is 4.74 Å². The zero-order valence-electron chi connectivity index (χ0n) is 17.5. The maximum absolute atomic E-state index is 6.38. The topological polar surface area (TPSA) is 72.9 Å². The molecular formula is C24H27ClN4O. The van der Waals surface area contributed by atoms with E-state index in [9.17, 15) is 0 Å². The van der Waals surface area contributed by atoms with Gasteiger partial charge in [-0.1, -0.05) is 30.7 Å². The van der Waals surface area contributed by atoms with Crippen molar-refractivity contribution in [3.8, 4) is 11.1 Å². The normalized spacial score (nSPS) is 29.9. The van der Waals surface area contributed by atoms with E-state index in [1.807, 2.05) is 19.4 Å². The van der Waals surface area contributed by atoms with E-state index in [4.69, 9.17) is 32.1 Å². The summed E-state index contributed by atoms with van der Waals surface area (Å²) in [5.74, 6) is 0.591. The first kappa shape index (κ1) is 19.7. The van der Waals surface area contributed by atoms with E-state index in [0.717, 1.165) is 55.4 Å². The summed E-state index contributed by atoms with van der Waals surface area (Å²) in [7, 11) is 1.81. The molecule has 3 aliphatic rings. The summed E-state index contributed by atoms with van der Waals surface area (Å²) in [6.45, 7) is 2.10. The minimum atomic E-state index is -0.627. The highest BCUT2D eigenvalue weighted by Crippen LogP contribution is 2.62. The number of nitrogens with zero attached hydrogens (tertiary/aromatic N) is 3. The van der Waals surface area contributed by atoms with Gasteiger partial charge in [-0.15, -0.1) is 0 Å². The molecule has 0 amide bonds. The summed E-state index contributed by atoms with van der Waals surface area (Å²) in [5, 5.41) is 0.631. The van der Waals surface area contributed by atoms with Gasteiger partial charge in [-0.3, -0.25) is 9.98 Å². The van der Waals surface area contributed by atoms with Crippen molar-refractivity contribution in [2.24, 2.45) is 21.1 Å². The van der Waals surface area contributed by atoms with Crippen LogP contribution in [0.5, 0.6) is 0 Å². The zero-order chi connectivity index (χ0) is 20.9. The third-order valence-corrected chi connectivity index (χ3v) is 7.43. The summed E-state index contributed by atoms with van der Waals surface area (Å²) in [6.07, 6.45) is 9.72. The van der Waals surface area contributed by atoms with Crippen molar-refractivity contribution >= 4 is 23.1 Å². The number of pyridine rings is 1. The van der Waals surface area contributed by atoms with Crippen LogP contribution in [0.4, 0.5) is 0 Å². The average molecular weight is 423 g/mol. The maximum atomic E-state index is 6.38. The number of benzene rings is 1. The second-order valence-corrected chi connectivity index (χ2v) is 9.17. The van der Waals surface area contributed by atoms with Crippen molar-refractivity contribution in [1.82, 2.24) is 4.98 Å². The third kappa shape index (κ3) is 2.83. The quantitative estimate of drug-likeness (QED) is 0.763. The van der Waals surface area contributed by atoms with Crippen molar-refractivity contribution in [3.05, 3.63) is 52.8 Å². The highest BCUT2D eigenvalue weighted by Gasteiger charge is 2.60. The van der Waals surface area contributed by atoms with Crippen LogP contribution >= 0.6 is 11.6 Å². The Morgan fingerprint density at radius 2 is 1.93 bits per heavy atom. The first-order chi connectivity index (χ1) is 14.5. The van der Waals surface area contributed by atoms with Crippen molar-refractivity contribution in [1.29, 1.82) is 0 Å². The molecule has 2 spiro atoms. The summed E-state index contributed by atoms with van der Waals surface area (Å²) >= 11 is 6.20. The Kier molecular flexibility index (Phi) is 4.71. The number of nitrogens with two attached hydrogens (primary N) is 1. The van der Waals surface area contributed by atoms with Crippen LogP contribution in [0.25, 0.3) is 11.1 Å². The standard InChI is InChI=1S/C24H27ClN4O/c1-3-21-22(26)29-24(28-21)20-11-15(17-10-18(25)14-27-13-17)4-5-16(20)12-23(24)8-6-19(30-2)7-9-23/h4-5,10-11,13-14,19H,3,6-9,12H2,1-2H3,(H2,26,29)/t19?,23?,24-/m1/s1. The van der Waals surface area contributed by atoms with Crippen LogP contribution in [-0.4, -0.2) is 29.7 Å². The Labute approximate surface area is 182 Å². The fraction of sp³-hybridized carbons (Fsp3) is 0.458. The molecule has 0 radical (unpaired) electrons. The van der Waals surface area contributed by atoms with E-state index in [0.29, 0.717) is 17.0 Å². The molecule has 1 atom stereocenters.